The summed E-state index contributed by atoms with van der Waals surface area (Å²) < 4.78 is 28.9. The van der Waals surface area contributed by atoms with Gasteiger partial charge in [0.15, 0.2) is 11.5 Å². The number of alkyl halides is 2. The maximum absolute atomic E-state index is 12.1. The topological polar surface area (TPSA) is 52.3 Å². The van der Waals surface area contributed by atoms with Crippen LogP contribution in [0.3, 0.4) is 0 Å². The lowest BCUT2D eigenvalue weighted by atomic mass is 10.1. The number of ether oxygens (including phenoxy) is 1. The van der Waals surface area contributed by atoms with Crippen molar-refractivity contribution in [3.05, 3.63) is 21.3 Å². The molecule has 0 bridgehead atoms. The van der Waals surface area contributed by atoms with Gasteiger partial charge in [-0.2, -0.15) is 8.78 Å². The molecule has 0 unspecified atom stereocenters. The van der Waals surface area contributed by atoms with Crippen LogP contribution in [0.15, 0.2) is 12.1 Å². The van der Waals surface area contributed by atoms with Crippen LogP contribution < -0.4 is 10.5 Å². The van der Waals surface area contributed by atoms with Crippen LogP contribution in [-0.4, -0.2) is 12.4 Å². The van der Waals surface area contributed by atoms with Crippen LogP contribution in [0.5, 0.6) is 5.75 Å². The number of nitrogens with two attached hydrogens (primary N) is 1. The zero-order valence-electron chi connectivity index (χ0n) is 7.76. The average Bonchev–Trinajstić information content (AvgIpc) is 2.10. The molecule has 0 saturated carbocycles. The summed E-state index contributed by atoms with van der Waals surface area (Å²) in [5, 5.41) is 0. The largest absolute Gasteiger partial charge is 0.432 e. The fourth-order valence-electron chi connectivity index (χ4n) is 1.12. The van der Waals surface area contributed by atoms with Crippen molar-refractivity contribution >= 4 is 34.1 Å². The van der Waals surface area contributed by atoms with E-state index in [2.05, 4.69) is 4.74 Å². The van der Waals surface area contributed by atoms with Crippen molar-refractivity contribution in [2.24, 2.45) is 0 Å². The first-order valence-corrected chi connectivity index (χ1v) is 5.05. The molecule has 0 saturated heterocycles. The van der Waals surface area contributed by atoms with Gasteiger partial charge in [0.05, 0.1) is 11.3 Å². The summed E-state index contributed by atoms with van der Waals surface area (Å²) in [7, 11) is 0. The standard InChI is InChI=1S/C9H8F2INO2/c1-4(14)7-5(12)2-3-6(13)8(7)15-9(10)11/h2-3,9H,13H2,1H3. The molecule has 3 nitrogen and oxygen atoms in total. The number of benzene rings is 1. The predicted octanol–water partition coefficient (Wildman–Crippen LogP) is 2.68. The van der Waals surface area contributed by atoms with Gasteiger partial charge in [-0.05, 0) is 41.6 Å². The van der Waals surface area contributed by atoms with Gasteiger partial charge in [0, 0.05) is 3.57 Å². The van der Waals surface area contributed by atoms with E-state index in [1.165, 1.54) is 13.0 Å². The molecule has 0 aromatic heterocycles. The maximum atomic E-state index is 12.1. The molecule has 15 heavy (non-hydrogen) atoms. The molecular formula is C9H8F2INO2. The van der Waals surface area contributed by atoms with Gasteiger partial charge in [-0.15, -0.1) is 0 Å². The molecule has 1 rings (SSSR count). The Kier molecular flexibility index (Phi) is 3.83. The van der Waals surface area contributed by atoms with Gasteiger partial charge in [0.25, 0.3) is 0 Å². The predicted molar refractivity (Wildman–Crippen MR) is 60.2 cm³/mol. The molecule has 2 N–H and O–H groups in total. The maximum Gasteiger partial charge on any atom is 0.387 e. The first-order chi connectivity index (χ1) is 6.93. The number of Topliss-reactive ketones (excluding diaryl/α,β-unsaturated/α-hetero) is 1. The van der Waals surface area contributed by atoms with Crippen LogP contribution >= 0.6 is 22.6 Å². The Labute approximate surface area is 98.7 Å². The van der Waals surface area contributed by atoms with E-state index in [1.807, 2.05) is 22.6 Å². The van der Waals surface area contributed by atoms with Gasteiger partial charge < -0.3 is 10.5 Å². The highest BCUT2D eigenvalue weighted by molar-refractivity contribution is 14.1. The summed E-state index contributed by atoms with van der Waals surface area (Å²) in [6, 6.07) is 3.00. The second-order valence-electron chi connectivity index (χ2n) is 2.78. The zero-order chi connectivity index (χ0) is 11.6. The number of anilines is 1. The second-order valence-corrected chi connectivity index (χ2v) is 3.94. The van der Waals surface area contributed by atoms with Gasteiger partial charge in [-0.1, -0.05) is 0 Å². The molecule has 0 spiro atoms. The Hall–Kier alpha value is -0.920. The molecule has 0 amide bonds. The fourth-order valence-corrected chi connectivity index (χ4v) is 1.92. The molecule has 82 valence electrons. The van der Waals surface area contributed by atoms with E-state index in [0.717, 1.165) is 0 Å². The normalized spacial score (nSPS) is 10.5. The summed E-state index contributed by atoms with van der Waals surface area (Å²) >= 11 is 1.86. The quantitative estimate of drug-likeness (QED) is 0.528. The Morgan fingerprint density at radius 1 is 1.53 bits per heavy atom. The molecule has 0 aliphatic carbocycles. The monoisotopic (exact) mass is 327 g/mol. The number of nitrogen functional groups attached to an aromatic ring is 1. The van der Waals surface area contributed by atoms with Crippen molar-refractivity contribution in [1.29, 1.82) is 0 Å². The van der Waals surface area contributed by atoms with Gasteiger partial charge >= 0.3 is 6.61 Å². The van der Waals surface area contributed by atoms with Gasteiger partial charge in [0.1, 0.15) is 0 Å². The number of rotatable bonds is 3. The van der Waals surface area contributed by atoms with E-state index in [1.54, 1.807) is 6.07 Å². The molecule has 0 fully saturated rings. The lowest BCUT2D eigenvalue weighted by Crippen LogP contribution is -2.10. The van der Waals surface area contributed by atoms with Crippen LogP contribution in [0, 0.1) is 3.57 Å². The number of hydrogen-bond donors (Lipinski definition) is 1. The van der Waals surface area contributed by atoms with Crippen molar-refractivity contribution in [1.82, 2.24) is 0 Å². The molecule has 6 heteroatoms. The lowest BCUT2D eigenvalue weighted by molar-refractivity contribution is -0.0496. The van der Waals surface area contributed by atoms with Gasteiger partial charge in [-0.3, -0.25) is 4.79 Å². The Balaban J connectivity index is 3.31. The highest BCUT2D eigenvalue weighted by atomic mass is 127. The summed E-state index contributed by atoms with van der Waals surface area (Å²) in [6.45, 7) is -1.72. The van der Waals surface area contributed by atoms with E-state index < -0.39 is 6.61 Å². The highest BCUT2D eigenvalue weighted by Gasteiger charge is 2.18. The number of carbonyl (C=O) groups excluding carboxylic acids is 1. The van der Waals surface area contributed by atoms with Crippen molar-refractivity contribution in [2.45, 2.75) is 13.5 Å². The molecule has 0 atom stereocenters. The Morgan fingerprint density at radius 2 is 2.13 bits per heavy atom. The van der Waals surface area contributed by atoms with E-state index in [4.69, 9.17) is 5.73 Å². The van der Waals surface area contributed by atoms with E-state index in [-0.39, 0.29) is 22.8 Å². The molecule has 0 heterocycles. The molecule has 0 aliphatic heterocycles. The minimum atomic E-state index is -3.00. The average molecular weight is 327 g/mol. The minimum absolute atomic E-state index is 0.0286. The first kappa shape index (κ1) is 12.2. The summed E-state index contributed by atoms with van der Waals surface area (Å²) in [6.07, 6.45) is 0. The van der Waals surface area contributed by atoms with Crippen LogP contribution in [0.1, 0.15) is 17.3 Å². The van der Waals surface area contributed by atoms with Crippen LogP contribution in [0.4, 0.5) is 14.5 Å². The van der Waals surface area contributed by atoms with Crippen molar-refractivity contribution in [2.75, 3.05) is 5.73 Å². The molecule has 1 aromatic rings. The second kappa shape index (κ2) is 4.73. The number of carbonyl (C=O) groups is 1. The SMILES string of the molecule is CC(=O)c1c(I)ccc(N)c1OC(F)F. The minimum Gasteiger partial charge on any atom is -0.432 e. The lowest BCUT2D eigenvalue weighted by Gasteiger charge is -2.12. The van der Waals surface area contributed by atoms with E-state index in [9.17, 15) is 13.6 Å². The zero-order valence-corrected chi connectivity index (χ0v) is 9.92. The Morgan fingerprint density at radius 3 is 2.60 bits per heavy atom. The van der Waals surface area contributed by atoms with Crippen molar-refractivity contribution in [3.8, 4) is 5.75 Å². The summed E-state index contributed by atoms with van der Waals surface area (Å²) in [4.78, 5) is 11.2. The van der Waals surface area contributed by atoms with Crippen LogP contribution in [0.2, 0.25) is 0 Å². The van der Waals surface area contributed by atoms with E-state index >= 15 is 0 Å². The number of hydrogen-bond acceptors (Lipinski definition) is 3. The third kappa shape index (κ3) is 2.77. The fraction of sp³-hybridized carbons (Fsp3) is 0.222. The third-order valence-corrected chi connectivity index (χ3v) is 2.60. The van der Waals surface area contributed by atoms with Crippen LogP contribution in [-0.2, 0) is 0 Å². The summed E-state index contributed by atoms with van der Waals surface area (Å²) in [5.74, 6) is -0.605. The van der Waals surface area contributed by atoms with Crippen molar-refractivity contribution in [3.63, 3.8) is 0 Å². The molecule has 0 aliphatic rings. The van der Waals surface area contributed by atoms with E-state index in [0.29, 0.717) is 3.57 Å². The third-order valence-electron chi connectivity index (χ3n) is 1.70. The first-order valence-electron chi connectivity index (χ1n) is 3.97. The molecule has 1 aromatic carbocycles. The van der Waals surface area contributed by atoms with Gasteiger partial charge in [0.2, 0.25) is 0 Å². The number of halogens is 3. The van der Waals surface area contributed by atoms with Gasteiger partial charge in [-0.25, -0.2) is 0 Å². The molecular weight excluding hydrogens is 319 g/mol. The smallest absolute Gasteiger partial charge is 0.387 e. The Bertz CT molecular complexity index is 396. The summed E-state index contributed by atoms with van der Waals surface area (Å²) in [5.41, 5.74) is 5.58. The number of ketones is 1. The van der Waals surface area contributed by atoms with Crippen LogP contribution in [0.25, 0.3) is 0 Å². The molecule has 0 radical (unpaired) electrons. The highest BCUT2D eigenvalue weighted by Crippen LogP contribution is 2.32. The van der Waals surface area contributed by atoms with Crippen molar-refractivity contribution < 1.29 is 18.3 Å².